The summed E-state index contributed by atoms with van der Waals surface area (Å²) in [6.07, 6.45) is 0. The largest absolute Gasteiger partial charge is 0.456 e. The van der Waals surface area contributed by atoms with Crippen LogP contribution in [0.5, 0.6) is 11.5 Å². The second-order valence-corrected chi connectivity index (χ2v) is 8.79. The van der Waals surface area contributed by atoms with Gasteiger partial charge in [-0.1, -0.05) is 18.2 Å². The minimum Gasteiger partial charge on any atom is -0.456 e. The second kappa shape index (κ2) is 8.55. The number of halogens is 5. The zero-order valence-corrected chi connectivity index (χ0v) is 19.8. The summed E-state index contributed by atoms with van der Waals surface area (Å²) in [5.74, 6) is -13.1. The zero-order valence-electron chi connectivity index (χ0n) is 19.8. The molecule has 11 heteroatoms. The van der Waals surface area contributed by atoms with Gasteiger partial charge in [-0.3, -0.25) is 4.79 Å². The molecule has 0 fully saturated rings. The van der Waals surface area contributed by atoms with Gasteiger partial charge in [0.05, 0.1) is 5.56 Å². The van der Waals surface area contributed by atoms with Gasteiger partial charge >= 0.3 is 5.97 Å². The Morgan fingerprint density at radius 3 is 1.95 bits per heavy atom. The predicted molar refractivity (Wildman–Crippen MR) is 128 cm³/mol. The third-order valence-corrected chi connectivity index (χ3v) is 6.70. The van der Waals surface area contributed by atoms with Crippen LogP contribution >= 0.6 is 0 Å². The van der Waals surface area contributed by atoms with Crippen LogP contribution in [0.2, 0.25) is 0 Å². The molecule has 2 N–H and O–H groups in total. The van der Waals surface area contributed by atoms with E-state index in [1.54, 1.807) is 49.5 Å². The van der Waals surface area contributed by atoms with Crippen LogP contribution in [0.4, 0.5) is 33.3 Å². The highest BCUT2D eigenvalue weighted by Crippen LogP contribution is 2.56. The van der Waals surface area contributed by atoms with Crippen molar-refractivity contribution in [3.63, 3.8) is 0 Å². The predicted octanol–water partition coefficient (Wildman–Crippen LogP) is 6.24. The number of esters is 1. The third kappa shape index (κ3) is 3.39. The Bertz CT molecular complexity index is 1710. The molecule has 6 rings (SSSR count). The molecule has 2 heterocycles. The van der Waals surface area contributed by atoms with Gasteiger partial charge in [0, 0.05) is 47.2 Å². The smallest absolute Gasteiger partial charge is 0.340 e. The maximum atomic E-state index is 14.2. The van der Waals surface area contributed by atoms with E-state index in [-0.39, 0.29) is 11.4 Å². The molecule has 0 saturated heterocycles. The summed E-state index contributed by atoms with van der Waals surface area (Å²) in [5, 5.41) is 5.13. The normalized spacial score (nSPS) is 16.6. The van der Waals surface area contributed by atoms with Crippen molar-refractivity contribution in [2.45, 2.75) is 5.60 Å². The molecule has 6 nitrogen and oxygen atoms in total. The molecule has 0 aromatic heterocycles. The molecule has 0 saturated carbocycles. The Balaban J connectivity index is 1.47. The maximum absolute atomic E-state index is 14.2. The van der Waals surface area contributed by atoms with Crippen LogP contribution in [0.3, 0.4) is 0 Å². The van der Waals surface area contributed by atoms with Crippen molar-refractivity contribution < 1.29 is 41.0 Å². The van der Waals surface area contributed by atoms with Crippen LogP contribution in [-0.4, -0.2) is 18.9 Å². The highest BCUT2D eigenvalue weighted by atomic mass is 19.2. The zero-order chi connectivity index (χ0) is 27.6. The molecule has 0 aliphatic carbocycles. The van der Waals surface area contributed by atoms with Crippen LogP contribution < -0.4 is 15.4 Å². The number of rotatable bonds is 3. The van der Waals surface area contributed by atoms with E-state index < -0.39 is 52.1 Å². The van der Waals surface area contributed by atoms with Gasteiger partial charge in [-0.15, -0.1) is 0 Å². The number of carbonyl (C=O) groups excluding carboxylic acids is 2. The molecule has 1 unspecified atom stereocenters. The van der Waals surface area contributed by atoms with E-state index in [4.69, 9.17) is 9.47 Å². The van der Waals surface area contributed by atoms with Crippen LogP contribution in [0.25, 0.3) is 0 Å². The standard InChI is InChI=1S/C28H15F5N2O4/c1-34-12-6-8-16-18(10-12)38-19-11-13(35-26(36)20-21(29)23(31)25(33)24(32)22(20)30)7-9-17(19)28(16)15-5-3-2-4-14(15)27(37)39-28/h2-11,34H,1H3,(H,35,36). The van der Waals surface area contributed by atoms with Gasteiger partial charge in [0.25, 0.3) is 5.91 Å². The fourth-order valence-electron chi connectivity index (χ4n) is 4.91. The molecule has 1 amide bonds. The van der Waals surface area contributed by atoms with E-state index in [9.17, 15) is 31.5 Å². The number of hydrogen-bond donors (Lipinski definition) is 2. The van der Waals surface area contributed by atoms with Crippen molar-refractivity contribution in [1.29, 1.82) is 0 Å². The first-order valence-corrected chi connectivity index (χ1v) is 11.5. The molecule has 0 bridgehead atoms. The summed E-state index contributed by atoms with van der Waals surface area (Å²) in [5.41, 5.74) is -0.625. The molecule has 4 aromatic carbocycles. The van der Waals surface area contributed by atoms with Crippen molar-refractivity contribution in [2.24, 2.45) is 0 Å². The lowest BCUT2D eigenvalue weighted by Gasteiger charge is -2.36. The first kappa shape index (κ1) is 24.4. The Kier molecular flexibility index (Phi) is 5.35. The highest BCUT2D eigenvalue weighted by Gasteiger charge is 2.53. The number of fused-ring (bicyclic) bond motifs is 6. The van der Waals surface area contributed by atoms with Crippen LogP contribution in [0.1, 0.15) is 37.4 Å². The van der Waals surface area contributed by atoms with Gasteiger partial charge in [0.1, 0.15) is 17.1 Å². The second-order valence-electron chi connectivity index (χ2n) is 8.79. The highest BCUT2D eigenvalue weighted by molar-refractivity contribution is 6.05. The molecule has 1 spiro atoms. The maximum Gasteiger partial charge on any atom is 0.340 e. The summed E-state index contributed by atoms with van der Waals surface area (Å²) in [4.78, 5) is 25.5. The van der Waals surface area contributed by atoms with E-state index in [0.29, 0.717) is 33.7 Å². The number of ether oxygens (including phenoxy) is 2. The van der Waals surface area contributed by atoms with Crippen molar-refractivity contribution >= 4 is 23.3 Å². The lowest BCUT2D eigenvalue weighted by Crippen LogP contribution is -2.33. The van der Waals surface area contributed by atoms with Crippen molar-refractivity contribution in [3.05, 3.63) is 118 Å². The number of carbonyl (C=O) groups is 2. The van der Waals surface area contributed by atoms with Gasteiger partial charge in [0.15, 0.2) is 28.9 Å². The summed E-state index contributed by atoms with van der Waals surface area (Å²) in [7, 11) is 1.70. The molecule has 4 aromatic rings. The van der Waals surface area contributed by atoms with E-state index in [0.717, 1.165) is 0 Å². The first-order chi connectivity index (χ1) is 18.7. The topological polar surface area (TPSA) is 76.7 Å². The number of anilines is 2. The van der Waals surface area contributed by atoms with Crippen LogP contribution in [-0.2, 0) is 10.3 Å². The quantitative estimate of drug-likeness (QED) is 0.140. The molecule has 196 valence electrons. The number of hydrogen-bond acceptors (Lipinski definition) is 5. The number of benzene rings is 4. The average Bonchev–Trinajstić information content (AvgIpc) is 3.23. The molecule has 39 heavy (non-hydrogen) atoms. The number of nitrogens with one attached hydrogen (secondary N) is 2. The van der Waals surface area contributed by atoms with Gasteiger partial charge in [0.2, 0.25) is 5.82 Å². The minimum atomic E-state index is -2.37. The fraction of sp³-hybridized carbons (Fsp3) is 0.0714. The third-order valence-electron chi connectivity index (χ3n) is 6.70. The van der Waals surface area contributed by atoms with Crippen molar-refractivity contribution in [2.75, 3.05) is 17.7 Å². The molecular weight excluding hydrogens is 523 g/mol. The minimum absolute atomic E-state index is 0.0799. The summed E-state index contributed by atoms with van der Waals surface area (Å²) >= 11 is 0. The summed E-state index contributed by atoms with van der Waals surface area (Å²) in [6, 6.07) is 16.1. The first-order valence-electron chi connectivity index (χ1n) is 11.5. The monoisotopic (exact) mass is 538 g/mol. The van der Waals surface area contributed by atoms with Crippen molar-refractivity contribution in [3.8, 4) is 11.5 Å². The van der Waals surface area contributed by atoms with Gasteiger partial charge < -0.3 is 20.1 Å². The van der Waals surface area contributed by atoms with Crippen molar-refractivity contribution in [1.82, 2.24) is 0 Å². The molecule has 2 aliphatic heterocycles. The van der Waals surface area contributed by atoms with Gasteiger partial charge in [-0.2, -0.15) is 0 Å². The lowest BCUT2D eigenvalue weighted by atomic mass is 9.77. The molecular formula is C28H15F5N2O4. The van der Waals surface area contributed by atoms with Gasteiger partial charge in [-0.25, -0.2) is 26.7 Å². The molecule has 2 aliphatic rings. The van der Waals surface area contributed by atoms with Crippen LogP contribution in [0.15, 0.2) is 60.7 Å². The van der Waals surface area contributed by atoms with E-state index in [1.165, 1.54) is 18.2 Å². The number of amides is 1. The average molecular weight is 538 g/mol. The Morgan fingerprint density at radius 2 is 1.31 bits per heavy atom. The van der Waals surface area contributed by atoms with E-state index in [1.807, 2.05) is 0 Å². The Hall–Kier alpha value is -4.93. The molecule has 1 atom stereocenters. The SMILES string of the molecule is CNc1ccc2c(c1)Oc1cc(NC(=O)c3c(F)c(F)c(F)c(F)c3F)ccc1C21OC(=O)c2ccccc21. The van der Waals surface area contributed by atoms with E-state index in [2.05, 4.69) is 10.6 Å². The fourth-order valence-corrected chi connectivity index (χ4v) is 4.91. The summed E-state index contributed by atoms with van der Waals surface area (Å²) < 4.78 is 81.2. The summed E-state index contributed by atoms with van der Waals surface area (Å²) in [6.45, 7) is 0. The Morgan fingerprint density at radius 1 is 0.744 bits per heavy atom. The molecule has 0 radical (unpaired) electrons. The Labute approximate surface area is 217 Å². The van der Waals surface area contributed by atoms with Crippen LogP contribution in [0, 0.1) is 29.1 Å². The lowest BCUT2D eigenvalue weighted by molar-refractivity contribution is 0.0224. The van der Waals surface area contributed by atoms with Gasteiger partial charge in [-0.05, 0) is 30.3 Å². The van der Waals surface area contributed by atoms with E-state index >= 15 is 0 Å².